The molecule has 0 aliphatic rings. The van der Waals surface area contributed by atoms with E-state index in [9.17, 15) is 4.79 Å². The molecule has 0 bridgehead atoms. The van der Waals surface area contributed by atoms with Crippen molar-refractivity contribution in [1.82, 2.24) is 10.6 Å². The van der Waals surface area contributed by atoms with Crippen LogP contribution in [0.5, 0.6) is 0 Å². The van der Waals surface area contributed by atoms with Gasteiger partial charge in [0.05, 0.1) is 6.54 Å². The van der Waals surface area contributed by atoms with E-state index in [0.717, 1.165) is 25.8 Å². The Morgan fingerprint density at radius 2 is 2.00 bits per heavy atom. The number of carbonyl (C=O) groups is 1. The van der Waals surface area contributed by atoms with Crippen LogP contribution in [-0.2, 0) is 4.79 Å². The van der Waals surface area contributed by atoms with Crippen molar-refractivity contribution >= 4 is 5.91 Å². The quantitative estimate of drug-likeness (QED) is 0.629. The summed E-state index contributed by atoms with van der Waals surface area (Å²) in [5.41, 5.74) is 0. The Bertz CT molecular complexity index is 137. The van der Waals surface area contributed by atoms with Gasteiger partial charge < -0.3 is 10.6 Å². The zero-order valence-electron chi connectivity index (χ0n) is 9.02. The Morgan fingerprint density at radius 1 is 1.31 bits per heavy atom. The van der Waals surface area contributed by atoms with E-state index in [0.29, 0.717) is 12.6 Å². The molecular formula is C10H22N2O. The van der Waals surface area contributed by atoms with E-state index in [1.807, 2.05) is 6.92 Å². The molecule has 0 rings (SSSR count). The fourth-order valence-electron chi connectivity index (χ4n) is 1.13. The first-order valence-corrected chi connectivity index (χ1v) is 5.20. The van der Waals surface area contributed by atoms with Gasteiger partial charge in [0, 0.05) is 12.6 Å². The molecule has 0 aliphatic carbocycles. The lowest BCUT2D eigenvalue weighted by Crippen LogP contribution is -2.38. The first-order chi connectivity index (χ1) is 6.20. The van der Waals surface area contributed by atoms with Crippen LogP contribution in [0.15, 0.2) is 0 Å². The molecule has 0 aromatic rings. The monoisotopic (exact) mass is 186 g/mol. The van der Waals surface area contributed by atoms with Gasteiger partial charge in [-0.15, -0.1) is 0 Å². The summed E-state index contributed by atoms with van der Waals surface area (Å²) in [7, 11) is 0. The molecule has 3 heteroatoms. The Morgan fingerprint density at radius 3 is 2.54 bits per heavy atom. The van der Waals surface area contributed by atoms with Crippen LogP contribution in [0.3, 0.4) is 0 Å². The van der Waals surface area contributed by atoms with Crippen molar-refractivity contribution in [2.24, 2.45) is 0 Å². The highest BCUT2D eigenvalue weighted by molar-refractivity contribution is 5.77. The maximum absolute atomic E-state index is 11.1. The van der Waals surface area contributed by atoms with E-state index in [-0.39, 0.29) is 5.91 Å². The Balaban J connectivity index is 3.34. The summed E-state index contributed by atoms with van der Waals surface area (Å²) < 4.78 is 0. The van der Waals surface area contributed by atoms with Gasteiger partial charge in [-0.3, -0.25) is 4.79 Å². The number of hydrogen-bond donors (Lipinski definition) is 2. The van der Waals surface area contributed by atoms with Crippen LogP contribution in [0.4, 0.5) is 0 Å². The van der Waals surface area contributed by atoms with E-state index < -0.39 is 0 Å². The third-order valence-electron chi connectivity index (χ3n) is 1.90. The molecule has 0 spiro atoms. The third-order valence-corrected chi connectivity index (χ3v) is 1.90. The maximum atomic E-state index is 11.1. The van der Waals surface area contributed by atoms with Gasteiger partial charge in [0.1, 0.15) is 0 Å². The number of rotatable bonds is 7. The van der Waals surface area contributed by atoms with Crippen molar-refractivity contribution in [3.05, 3.63) is 0 Å². The normalized spacial score (nSPS) is 12.5. The van der Waals surface area contributed by atoms with Gasteiger partial charge in [-0.2, -0.15) is 0 Å². The van der Waals surface area contributed by atoms with Gasteiger partial charge in [-0.25, -0.2) is 0 Å². The second kappa shape index (κ2) is 8.05. The number of nitrogens with one attached hydrogen (secondary N) is 2. The molecule has 0 saturated carbocycles. The second-order valence-corrected chi connectivity index (χ2v) is 3.42. The lowest BCUT2D eigenvalue weighted by atomic mass is 10.2. The molecule has 1 unspecified atom stereocenters. The van der Waals surface area contributed by atoms with Crippen LogP contribution in [0.2, 0.25) is 0 Å². The van der Waals surface area contributed by atoms with Crippen molar-refractivity contribution in [2.75, 3.05) is 13.1 Å². The molecule has 1 atom stereocenters. The number of carbonyl (C=O) groups excluding carboxylic acids is 1. The molecular weight excluding hydrogens is 164 g/mol. The zero-order valence-corrected chi connectivity index (χ0v) is 9.02. The van der Waals surface area contributed by atoms with Crippen LogP contribution in [0.1, 0.15) is 40.0 Å². The fourth-order valence-corrected chi connectivity index (χ4v) is 1.13. The van der Waals surface area contributed by atoms with Gasteiger partial charge in [-0.1, -0.05) is 20.3 Å². The fraction of sp³-hybridized carbons (Fsp3) is 0.900. The van der Waals surface area contributed by atoms with Gasteiger partial charge in [0.2, 0.25) is 5.91 Å². The number of hydrogen-bond acceptors (Lipinski definition) is 2. The van der Waals surface area contributed by atoms with Crippen molar-refractivity contribution in [3.8, 4) is 0 Å². The molecule has 2 N–H and O–H groups in total. The van der Waals surface area contributed by atoms with Crippen LogP contribution in [0, 0.1) is 0 Å². The minimum atomic E-state index is 0.102. The van der Waals surface area contributed by atoms with E-state index in [1.54, 1.807) is 0 Å². The zero-order chi connectivity index (χ0) is 10.1. The average Bonchev–Trinajstić information content (AvgIpc) is 2.12. The smallest absolute Gasteiger partial charge is 0.233 e. The highest BCUT2D eigenvalue weighted by Gasteiger charge is 2.02. The molecule has 0 radical (unpaired) electrons. The van der Waals surface area contributed by atoms with Crippen LogP contribution < -0.4 is 10.6 Å². The molecule has 0 aromatic carbocycles. The summed E-state index contributed by atoms with van der Waals surface area (Å²) in [6.07, 6.45) is 3.28. The van der Waals surface area contributed by atoms with Gasteiger partial charge >= 0.3 is 0 Å². The molecule has 0 aromatic heterocycles. The predicted molar refractivity (Wildman–Crippen MR) is 55.7 cm³/mol. The minimum Gasteiger partial charge on any atom is -0.355 e. The van der Waals surface area contributed by atoms with Crippen molar-refractivity contribution < 1.29 is 4.79 Å². The average molecular weight is 186 g/mol. The van der Waals surface area contributed by atoms with E-state index in [4.69, 9.17) is 0 Å². The Kier molecular flexibility index (Phi) is 7.69. The summed E-state index contributed by atoms with van der Waals surface area (Å²) in [6.45, 7) is 7.53. The first kappa shape index (κ1) is 12.4. The topological polar surface area (TPSA) is 41.1 Å². The van der Waals surface area contributed by atoms with Gasteiger partial charge in [-0.05, 0) is 19.8 Å². The van der Waals surface area contributed by atoms with Gasteiger partial charge in [0.15, 0.2) is 0 Å². The van der Waals surface area contributed by atoms with Crippen LogP contribution in [-0.4, -0.2) is 25.0 Å². The first-order valence-electron chi connectivity index (χ1n) is 5.20. The molecule has 0 aliphatic heterocycles. The minimum absolute atomic E-state index is 0.102. The summed E-state index contributed by atoms with van der Waals surface area (Å²) in [5, 5.41) is 6.01. The molecule has 0 fully saturated rings. The summed E-state index contributed by atoms with van der Waals surface area (Å²) in [4.78, 5) is 11.1. The van der Waals surface area contributed by atoms with E-state index >= 15 is 0 Å². The highest BCUT2D eigenvalue weighted by Crippen LogP contribution is 1.93. The summed E-state index contributed by atoms with van der Waals surface area (Å²) in [6, 6.07) is 0.442. The number of amides is 1. The van der Waals surface area contributed by atoms with E-state index in [2.05, 4.69) is 24.5 Å². The largest absolute Gasteiger partial charge is 0.355 e. The summed E-state index contributed by atoms with van der Waals surface area (Å²) in [5.74, 6) is 0.102. The Labute approximate surface area is 81.3 Å². The lowest BCUT2D eigenvalue weighted by molar-refractivity contribution is -0.120. The molecule has 13 heavy (non-hydrogen) atoms. The highest BCUT2D eigenvalue weighted by atomic mass is 16.1. The Hall–Kier alpha value is -0.570. The molecule has 1 amide bonds. The van der Waals surface area contributed by atoms with Crippen molar-refractivity contribution in [3.63, 3.8) is 0 Å². The standard InChI is InChI=1S/C10H22N2O/c1-4-6-9(3)12-8-10(13)11-7-5-2/h9,12H,4-8H2,1-3H3,(H,11,13). The summed E-state index contributed by atoms with van der Waals surface area (Å²) >= 11 is 0. The second-order valence-electron chi connectivity index (χ2n) is 3.42. The van der Waals surface area contributed by atoms with Gasteiger partial charge in [0.25, 0.3) is 0 Å². The van der Waals surface area contributed by atoms with Crippen LogP contribution >= 0.6 is 0 Å². The van der Waals surface area contributed by atoms with E-state index in [1.165, 1.54) is 0 Å². The molecule has 78 valence electrons. The third kappa shape index (κ3) is 7.78. The lowest BCUT2D eigenvalue weighted by Gasteiger charge is -2.11. The van der Waals surface area contributed by atoms with Crippen molar-refractivity contribution in [2.45, 2.75) is 46.1 Å². The molecule has 3 nitrogen and oxygen atoms in total. The maximum Gasteiger partial charge on any atom is 0.233 e. The molecule has 0 saturated heterocycles. The van der Waals surface area contributed by atoms with Crippen LogP contribution in [0.25, 0.3) is 0 Å². The SMILES string of the molecule is CCCNC(=O)CNC(C)CCC. The van der Waals surface area contributed by atoms with Crippen molar-refractivity contribution in [1.29, 1.82) is 0 Å². The predicted octanol–water partition coefficient (Wildman–Crippen LogP) is 1.29. The molecule has 0 heterocycles.